The fourth-order valence-corrected chi connectivity index (χ4v) is 3.92. The third-order valence-corrected chi connectivity index (χ3v) is 5.55. The summed E-state index contributed by atoms with van der Waals surface area (Å²) in [6, 6.07) is 14.0. The van der Waals surface area contributed by atoms with Gasteiger partial charge in [-0.2, -0.15) is 0 Å². The second kappa shape index (κ2) is 9.39. The second-order valence-electron chi connectivity index (χ2n) is 8.67. The summed E-state index contributed by atoms with van der Waals surface area (Å²) in [6.07, 6.45) is 3.10. The maximum atomic E-state index is 13.2. The molecule has 34 heavy (non-hydrogen) atoms. The van der Waals surface area contributed by atoms with Crippen molar-refractivity contribution in [2.75, 3.05) is 11.5 Å². The van der Waals surface area contributed by atoms with Crippen molar-refractivity contribution in [2.24, 2.45) is 5.92 Å². The van der Waals surface area contributed by atoms with Crippen LogP contribution in [0.1, 0.15) is 36.6 Å². The number of rotatable bonds is 6. The molecular formula is C27H26N2O5. The molecule has 7 nitrogen and oxygen atoms in total. The molecule has 1 fully saturated rings. The third kappa shape index (κ3) is 4.37. The third-order valence-electron chi connectivity index (χ3n) is 5.55. The maximum absolute atomic E-state index is 13.2. The number of phenols is 1. The molecule has 3 aromatic rings. The van der Waals surface area contributed by atoms with E-state index in [1.807, 2.05) is 20.8 Å². The van der Waals surface area contributed by atoms with Gasteiger partial charge < -0.3 is 14.9 Å². The number of anilines is 1. The van der Waals surface area contributed by atoms with Crippen molar-refractivity contribution in [1.82, 2.24) is 4.98 Å². The summed E-state index contributed by atoms with van der Waals surface area (Å²) in [4.78, 5) is 31.7. The average molecular weight is 459 g/mol. The summed E-state index contributed by atoms with van der Waals surface area (Å²) in [5.74, 6) is -1.27. The lowest BCUT2D eigenvalue weighted by atomic mass is 9.95. The number of carbonyl (C=O) groups is 2. The fraction of sp³-hybridized carbons (Fsp3) is 0.222. The summed E-state index contributed by atoms with van der Waals surface area (Å²) in [5.41, 5.74) is 1.85. The van der Waals surface area contributed by atoms with Gasteiger partial charge in [-0.05, 0) is 60.4 Å². The summed E-state index contributed by atoms with van der Waals surface area (Å²) < 4.78 is 5.76. The highest BCUT2D eigenvalue weighted by Crippen LogP contribution is 2.45. The van der Waals surface area contributed by atoms with E-state index in [1.54, 1.807) is 60.9 Å². The molecule has 0 spiro atoms. The first-order chi connectivity index (χ1) is 16.3. The predicted molar refractivity (Wildman–Crippen MR) is 129 cm³/mol. The summed E-state index contributed by atoms with van der Waals surface area (Å²) in [7, 11) is 0. The Labute approximate surface area is 198 Å². The van der Waals surface area contributed by atoms with Crippen LogP contribution in [-0.4, -0.2) is 33.5 Å². The van der Waals surface area contributed by atoms with Crippen LogP contribution in [0.25, 0.3) is 5.76 Å². The van der Waals surface area contributed by atoms with Crippen LogP contribution in [0.4, 0.5) is 5.69 Å². The van der Waals surface area contributed by atoms with E-state index in [9.17, 15) is 19.8 Å². The Morgan fingerprint density at radius 2 is 1.82 bits per heavy atom. The molecule has 1 aromatic heterocycles. The summed E-state index contributed by atoms with van der Waals surface area (Å²) >= 11 is 0. The van der Waals surface area contributed by atoms with E-state index in [1.165, 1.54) is 11.0 Å². The van der Waals surface area contributed by atoms with Gasteiger partial charge in [0, 0.05) is 18.0 Å². The van der Waals surface area contributed by atoms with Crippen LogP contribution in [0.15, 0.2) is 72.6 Å². The van der Waals surface area contributed by atoms with Gasteiger partial charge in [-0.1, -0.05) is 32.0 Å². The van der Waals surface area contributed by atoms with Crippen molar-refractivity contribution in [1.29, 1.82) is 0 Å². The standard InChI is InChI=1S/C27H26N2O5/c1-16(2)15-34-20-6-4-5-19(14-20)25(31)23-24(18-9-11-28-12-10-18)29(27(33)26(23)32)21-13-17(3)7-8-22(21)30/h4-14,16,24,30-31H,15H2,1-3H3/b25-23+. The van der Waals surface area contributed by atoms with Crippen molar-refractivity contribution in [2.45, 2.75) is 26.8 Å². The lowest BCUT2D eigenvalue weighted by Gasteiger charge is -2.26. The lowest BCUT2D eigenvalue weighted by molar-refractivity contribution is -0.132. The fourth-order valence-electron chi connectivity index (χ4n) is 3.92. The van der Waals surface area contributed by atoms with Crippen molar-refractivity contribution < 1.29 is 24.5 Å². The molecule has 2 aromatic carbocycles. The predicted octanol–water partition coefficient (Wildman–Crippen LogP) is 4.76. The first-order valence-corrected chi connectivity index (χ1v) is 11.0. The molecule has 2 heterocycles. The van der Waals surface area contributed by atoms with Gasteiger partial charge in [-0.15, -0.1) is 0 Å². The minimum Gasteiger partial charge on any atom is -0.507 e. The number of aliphatic hydroxyl groups is 1. The number of hydrogen-bond donors (Lipinski definition) is 2. The number of aromatic hydroxyl groups is 1. The zero-order valence-electron chi connectivity index (χ0n) is 19.2. The van der Waals surface area contributed by atoms with E-state index in [4.69, 9.17) is 4.74 Å². The van der Waals surface area contributed by atoms with Crippen LogP contribution in [0.5, 0.6) is 11.5 Å². The molecule has 2 N–H and O–H groups in total. The van der Waals surface area contributed by atoms with Gasteiger partial charge >= 0.3 is 0 Å². The number of aryl methyl sites for hydroxylation is 1. The molecule has 1 aliphatic heterocycles. The number of ketones is 1. The van der Waals surface area contributed by atoms with E-state index < -0.39 is 17.7 Å². The molecule has 0 saturated carbocycles. The van der Waals surface area contributed by atoms with Crippen molar-refractivity contribution in [3.63, 3.8) is 0 Å². The van der Waals surface area contributed by atoms with Crippen LogP contribution >= 0.6 is 0 Å². The Morgan fingerprint density at radius 1 is 1.09 bits per heavy atom. The highest BCUT2D eigenvalue weighted by Gasteiger charge is 2.47. The summed E-state index contributed by atoms with van der Waals surface area (Å²) in [5, 5.41) is 21.8. The molecule has 7 heteroatoms. The zero-order valence-corrected chi connectivity index (χ0v) is 19.2. The molecule has 0 aliphatic carbocycles. The van der Waals surface area contributed by atoms with E-state index in [2.05, 4.69) is 4.98 Å². The Morgan fingerprint density at radius 3 is 2.53 bits per heavy atom. The van der Waals surface area contributed by atoms with Gasteiger partial charge in [0.25, 0.3) is 11.7 Å². The second-order valence-corrected chi connectivity index (χ2v) is 8.67. The van der Waals surface area contributed by atoms with Crippen molar-refractivity contribution >= 4 is 23.1 Å². The van der Waals surface area contributed by atoms with Gasteiger partial charge in [0.15, 0.2) is 0 Å². The number of nitrogens with zero attached hydrogens (tertiary/aromatic N) is 2. The minimum absolute atomic E-state index is 0.0712. The molecule has 0 bridgehead atoms. The van der Waals surface area contributed by atoms with Crippen molar-refractivity contribution in [3.8, 4) is 11.5 Å². The molecular weight excluding hydrogens is 432 g/mol. The van der Waals surface area contributed by atoms with Gasteiger partial charge in [-0.25, -0.2) is 0 Å². The molecule has 174 valence electrons. The molecule has 1 aliphatic rings. The van der Waals surface area contributed by atoms with Gasteiger partial charge in [0.1, 0.15) is 17.3 Å². The number of pyridine rings is 1. The van der Waals surface area contributed by atoms with E-state index in [0.717, 1.165) is 5.56 Å². The quantitative estimate of drug-likeness (QED) is 0.314. The Balaban J connectivity index is 1.88. The Kier molecular flexibility index (Phi) is 6.36. The first-order valence-electron chi connectivity index (χ1n) is 11.0. The Hall–Kier alpha value is -4.13. The number of amides is 1. The number of hydrogen-bond acceptors (Lipinski definition) is 6. The SMILES string of the molecule is Cc1ccc(O)c(N2C(=O)C(=O)/C(=C(/O)c3cccc(OCC(C)C)c3)C2c2ccncc2)c1. The number of ether oxygens (including phenoxy) is 1. The van der Waals surface area contributed by atoms with Gasteiger partial charge in [0.05, 0.1) is 23.9 Å². The van der Waals surface area contributed by atoms with Crippen LogP contribution in [0.2, 0.25) is 0 Å². The van der Waals surface area contributed by atoms with E-state index in [0.29, 0.717) is 29.4 Å². The van der Waals surface area contributed by atoms with Crippen molar-refractivity contribution in [3.05, 3.63) is 89.3 Å². The Bertz CT molecular complexity index is 1270. The average Bonchev–Trinajstić information content (AvgIpc) is 3.10. The highest BCUT2D eigenvalue weighted by atomic mass is 16.5. The largest absolute Gasteiger partial charge is 0.507 e. The molecule has 4 rings (SSSR count). The van der Waals surface area contributed by atoms with Crippen LogP contribution in [0.3, 0.4) is 0 Å². The summed E-state index contributed by atoms with van der Waals surface area (Å²) in [6.45, 7) is 6.38. The normalized spacial score (nSPS) is 17.4. The smallest absolute Gasteiger partial charge is 0.300 e. The molecule has 0 radical (unpaired) electrons. The number of phenolic OH excluding ortho intramolecular Hbond substituents is 1. The molecule has 1 atom stereocenters. The molecule has 1 amide bonds. The number of benzene rings is 2. The topological polar surface area (TPSA) is 100.0 Å². The lowest BCUT2D eigenvalue weighted by Crippen LogP contribution is -2.29. The number of Topliss-reactive ketones (excluding diaryl/α,β-unsaturated/α-hetero) is 1. The van der Waals surface area contributed by atoms with E-state index >= 15 is 0 Å². The van der Waals surface area contributed by atoms with Gasteiger partial charge in [-0.3, -0.25) is 19.5 Å². The minimum atomic E-state index is -0.948. The molecule has 1 unspecified atom stereocenters. The maximum Gasteiger partial charge on any atom is 0.300 e. The van der Waals surface area contributed by atoms with Crippen LogP contribution in [-0.2, 0) is 9.59 Å². The zero-order chi connectivity index (χ0) is 24.4. The first kappa shape index (κ1) is 23.0. The van der Waals surface area contributed by atoms with Gasteiger partial charge in [0.2, 0.25) is 0 Å². The van der Waals surface area contributed by atoms with Crippen LogP contribution in [0, 0.1) is 12.8 Å². The molecule has 1 saturated heterocycles. The number of aromatic nitrogens is 1. The van der Waals surface area contributed by atoms with E-state index in [-0.39, 0.29) is 22.8 Å². The number of aliphatic hydroxyl groups excluding tert-OH is 1. The van der Waals surface area contributed by atoms with Crippen LogP contribution < -0.4 is 9.64 Å². The highest BCUT2D eigenvalue weighted by molar-refractivity contribution is 6.51. The monoisotopic (exact) mass is 458 g/mol. The number of carbonyl (C=O) groups excluding carboxylic acids is 2.